The largest absolute Gasteiger partial charge is 0.384 e. The average molecular weight is 636 g/mol. The van der Waals surface area contributed by atoms with Gasteiger partial charge in [-0.15, -0.1) is 10.2 Å². The Bertz CT molecular complexity index is 1620. The fourth-order valence-corrected chi connectivity index (χ4v) is 7.32. The van der Waals surface area contributed by atoms with Crippen LogP contribution in [0.15, 0.2) is 80.0 Å². The minimum atomic E-state index is -0.581. The number of rotatable bonds is 6. The quantitative estimate of drug-likeness (QED) is 0.303. The Morgan fingerprint density at radius 1 is 1.23 bits per heavy atom. The summed E-state index contributed by atoms with van der Waals surface area (Å²) in [4.78, 5) is 28.0. The fraction of sp³-hybridized carbons (Fsp3) is 0.276. The number of nitrogens with zero attached hydrogens (tertiary/aromatic N) is 4. The lowest BCUT2D eigenvalue weighted by molar-refractivity contribution is -0.118. The third kappa shape index (κ3) is 5.44. The van der Waals surface area contributed by atoms with E-state index in [0.717, 1.165) is 27.0 Å². The Morgan fingerprint density at radius 3 is 2.67 bits per heavy atom. The molecule has 5 rings (SSSR count). The summed E-state index contributed by atoms with van der Waals surface area (Å²) in [5.41, 5.74) is 10.6. The van der Waals surface area contributed by atoms with Crippen LogP contribution in [0, 0.1) is 23.7 Å². The Balaban J connectivity index is 1.48. The maximum Gasteiger partial charge on any atom is 0.234 e. The molecule has 40 heavy (non-hydrogen) atoms. The number of thioether (sulfide) groups is 1. The molecule has 1 aliphatic heterocycles. The Kier molecular flexibility index (Phi) is 7.86. The first-order chi connectivity index (χ1) is 19.1. The first-order valence-corrected chi connectivity index (χ1v) is 15.2. The van der Waals surface area contributed by atoms with Crippen LogP contribution >= 0.6 is 39.0 Å². The van der Waals surface area contributed by atoms with E-state index in [1.165, 1.54) is 23.1 Å². The van der Waals surface area contributed by atoms with Gasteiger partial charge in [0.15, 0.2) is 10.1 Å². The van der Waals surface area contributed by atoms with Gasteiger partial charge in [-0.3, -0.25) is 14.5 Å². The summed E-state index contributed by atoms with van der Waals surface area (Å²) in [5.74, 6) is -0.355. The van der Waals surface area contributed by atoms with Crippen molar-refractivity contribution in [2.75, 3.05) is 16.0 Å². The van der Waals surface area contributed by atoms with E-state index in [0.29, 0.717) is 33.5 Å². The average Bonchev–Trinajstić information content (AvgIpc) is 3.36. The van der Waals surface area contributed by atoms with Crippen molar-refractivity contribution in [2.24, 2.45) is 11.1 Å². The SMILES string of the molecule is Cc1ccccc1NC(=O)CSc1nnc(N2C(N)=C(C#N)C(c3ccccc3Br)C3=C2CC(C)(C)CC3=O)s1. The van der Waals surface area contributed by atoms with E-state index in [2.05, 4.69) is 51.4 Å². The maximum absolute atomic E-state index is 13.7. The van der Waals surface area contributed by atoms with Crippen molar-refractivity contribution in [3.63, 3.8) is 0 Å². The second-order valence-electron chi connectivity index (χ2n) is 10.5. The van der Waals surface area contributed by atoms with Crippen LogP contribution in [0.5, 0.6) is 0 Å². The number of aryl methyl sites for hydroxylation is 1. The normalized spacial score (nSPS) is 18.4. The molecular weight excluding hydrogens is 608 g/mol. The third-order valence-electron chi connectivity index (χ3n) is 6.93. The van der Waals surface area contributed by atoms with Crippen LogP contribution in [0.25, 0.3) is 0 Å². The second-order valence-corrected chi connectivity index (χ2v) is 13.5. The number of carbonyl (C=O) groups is 2. The van der Waals surface area contributed by atoms with Gasteiger partial charge in [-0.25, -0.2) is 0 Å². The summed E-state index contributed by atoms with van der Waals surface area (Å²) in [6.07, 6.45) is 0.946. The number of anilines is 2. The predicted molar refractivity (Wildman–Crippen MR) is 162 cm³/mol. The number of aromatic nitrogens is 2. The van der Waals surface area contributed by atoms with Crippen LogP contribution < -0.4 is 16.0 Å². The van der Waals surface area contributed by atoms with Gasteiger partial charge in [0.25, 0.3) is 0 Å². The van der Waals surface area contributed by atoms with Gasteiger partial charge in [-0.2, -0.15) is 5.26 Å². The number of amides is 1. The number of carbonyl (C=O) groups excluding carboxylic acids is 2. The highest BCUT2D eigenvalue weighted by atomic mass is 79.9. The molecule has 1 aromatic heterocycles. The van der Waals surface area contributed by atoms with Crippen LogP contribution in [0.1, 0.15) is 43.7 Å². The molecular formula is C29H27BrN6O2S2. The Labute approximate surface area is 249 Å². The van der Waals surface area contributed by atoms with Crippen LogP contribution in [0.2, 0.25) is 0 Å². The van der Waals surface area contributed by atoms with Gasteiger partial charge < -0.3 is 11.1 Å². The molecule has 0 saturated carbocycles. The number of nitrogens with two attached hydrogens (primary N) is 1. The molecule has 0 saturated heterocycles. The standard InChI is InChI=1S/C29H27BrN6O2S2/c1-16-8-4-7-11-20(16)33-23(38)15-39-28-35-34-27(40-28)36-21-12-29(2,3)13-22(37)25(21)24(18(14-31)26(36)32)17-9-5-6-10-19(17)30/h4-11,24H,12-13,15,32H2,1-3H3,(H,33,38). The van der Waals surface area contributed by atoms with E-state index < -0.39 is 5.92 Å². The van der Waals surface area contributed by atoms with Gasteiger partial charge in [0, 0.05) is 27.9 Å². The number of nitriles is 1. The number of hydrogen-bond donors (Lipinski definition) is 2. The number of hydrogen-bond acceptors (Lipinski definition) is 9. The monoisotopic (exact) mass is 634 g/mol. The highest BCUT2D eigenvalue weighted by Gasteiger charge is 2.45. The minimum absolute atomic E-state index is 0.00996. The molecule has 2 heterocycles. The number of benzene rings is 2. The molecule has 1 unspecified atom stereocenters. The Hall–Kier alpha value is -3.46. The zero-order valence-electron chi connectivity index (χ0n) is 22.2. The van der Waals surface area contributed by atoms with Crippen LogP contribution in [-0.4, -0.2) is 27.6 Å². The lowest BCUT2D eigenvalue weighted by Crippen LogP contribution is -2.42. The van der Waals surface area contributed by atoms with Crippen molar-refractivity contribution in [1.82, 2.24) is 10.2 Å². The molecule has 3 N–H and O–H groups in total. The van der Waals surface area contributed by atoms with Gasteiger partial charge >= 0.3 is 0 Å². The Morgan fingerprint density at radius 2 is 1.95 bits per heavy atom. The van der Waals surface area contributed by atoms with Crippen molar-refractivity contribution in [1.29, 1.82) is 5.26 Å². The third-order valence-corrected chi connectivity index (χ3v) is 9.69. The lowest BCUT2D eigenvalue weighted by Gasteiger charge is -2.42. The molecule has 1 aliphatic carbocycles. The highest BCUT2D eigenvalue weighted by Crippen LogP contribution is 2.51. The lowest BCUT2D eigenvalue weighted by atomic mass is 9.69. The molecule has 1 atom stereocenters. The number of Topliss-reactive ketones (excluding diaryl/α,β-unsaturated/α-hetero) is 1. The second kappa shape index (κ2) is 11.2. The molecule has 0 radical (unpaired) electrons. The van der Waals surface area contributed by atoms with Gasteiger partial charge in [-0.1, -0.05) is 89.3 Å². The number of para-hydroxylation sites is 1. The van der Waals surface area contributed by atoms with E-state index in [1.54, 1.807) is 4.90 Å². The highest BCUT2D eigenvalue weighted by molar-refractivity contribution is 9.10. The van der Waals surface area contributed by atoms with Crippen molar-refractivity contribution in [2.45, 2.75) is 43.9 Å². The molecule has 0 fully saturated rings. The molecule has 8 nitrogen and oxygen atoms in total. The minimum Gasteiger partial charge on any atom is -0.384 e. The van der Waals surface area contributed by atoms with Crippen molar-refractivity contribution < 1.29 is 9.59 Å². The summed E-state index contributed by atoms with van der Waals surface area (Å²) in [6, 6.07) is 17.5. The van der Waals surface area contributed by atoms with Crippen molar-refractivity contribution >= 4 is 61.5 Å². The first kappa shape index (κ1) is 28.1. The van der Waals surface area contributed by atoms with E-state index in [1.807, 2.05) is 55.5 Å². The summed E-state index contributed by atoms with van der Waals surface area (Å²) in [5, 5.41) is 22.3. The number of nitrogens with one attached hydrogen (secondary N) is 1. The molecule has 3 aromatic rings. The smallest absolute Gasteiger partial charge is 0.234 e. The van der Waals surface area contributed by atoms with Gasteiger partial charge in [-0.05, 0) is 42.0 Å². The van der Waals surface area contributed by atoms with E-state index in [4.69, 9.17) is 5.73 Å². The van der Waals surface area contributed by atoms with Crippen LogP contribution in [-0.2, 0) is 9.59 Å². The van der Waals surface area contributed by atoms with E-state index in [9.17, 15) is 14.9 Å². The fourth-order valence-electron chi connectivity index (χ4n) is 5.13. The molecule has 2 aromatic carbocycles. The zero-order valence-corrected chi connectivity index (χ0v) is 25.4. The van der Waals surface area contributed by atoms with Crippen molar-refractivity contribution in [3.8, 4) is 6.07 Å². The van der Waals surface area contributed by atoms with Gasteiger partial charge in [0.2, 0.25) is 11.0 Å². The molecule has 2 aliphatic rings. The summed E-state index contributed by atoms with van der Waals surface area (Å²) in [6.45, 7) is 6.04. The number of ketones is 1. The van der Waals surface area contributed by atoms with Gasteiger partial charge in [0.05, 0.1) is 23.3 Å². The number of allylic oxidation sites excluding steroid dienone is 3. The topological polar surface area (TPSA) is 125 Å². The predicted octanol–water partition coefficient (Wildman–Crippen LogP) is 6.28. The first-order valence-electron chi connectivity index (χ1n) is 12.6. The number of halogens is 1. The van der Waals surface area contributed by atoms with E-state index >= 15 is 0 Å². The van der Waals surface area contributed by atoms with E-state index in [-0.39, 0.29) is 28.7 Å². The summed E-state index contributed by atoms with van der Waals surface area (Å²) >= 11 is 6.15. The van der Waals surface area contributed by atoms with Gasteiger partial charge in [0.1, 0.15) is 5.82 Å². The molecule has 0 bridgehead atoms. The maximum atomic E-state index is 13.7. The molecule has 204 valence electrons. The van der Waals surface area contributed by atoms with Crippen molar-refractivity contribution in [3.05, 3.63) is 86.8 Å². The summed E-state index contributed by atoms with van der Waals surface area (Å²) in [7, 11) is 0. The molecule has 11 heteroatoms. The van der Waals surface area contributed by atoms with Crippen LogP contribution in [0.4, 0.5) is 10.8 Å². The molecule has 1 amide bonds. The van der Waals surface area contributed by atoms with Crippen LogP contribution in [0.3, 0.4) is 0 Å². The summed E-state index contributed by atoms with van der Waals surface area (Å²) < 4.78 is 1.38. The zero-order chi connectivity index (χ0) is 28.6. The molecule has 0 spiro atoms.